The third-order valence-electron chi connectivity index (χ3n) is 7.57. The SMILES string of the molecule is CC(C)N1CCC(NS(=O)(=O)CC(C)(C)N)CC1.CC(C)N1CCC(NS(=O)(=O)CC(C)(C)NC(=O)c2ccc(Cl)s2)CC1. The highest BCUT2D eigenvalue weighted by Gasteiger charge is 2.32. The number of sulfonamides is 2. The quantitative estimate of drug-likeness (QED) is 0.260. The van der Waals surface area contributed by atoms with E-state index in [-0.39, 0.29) is 29.5 Å². The zero-order valence-corrected chi connectivity index (χ0v) is 30.9. The summed E-state index contributed by atoms with van der Waals surface area (Å²) in [6.07, 6.45) is 3.36. The molecule has 2 saturated heterocycles. The number of amides is 1. The molecule has 1 aromatic rings. The van der Waals surface area contributed by atoms with Gasteiger partial charge in [-0.05, 0) is 119 Å². The maximum atomic E-state index is 12.6. The molecule has 2 aliphatic heterocycles. The molecular weight excluding hydrogens is 644 g/mol. The predicted molar refractivity (Wildman–Crippen MR) is 182 cm³/mol. The third-order valence-corrected chi connectivity index (χ3v) is 12.4. The molecule has 0 atom stereocenters. The Bertz CT molecular complexity index is 1260. The minimum absolute atomic E-state index is 0.0234. The Labute approximate surface area is 275 Å². The molecule has 11 nitrogen and oxygen atoms in total. The second-order valence-electron chi connectivity index (χ2n) is 14.0. The van der Waals surface area contributed by atoms with E-state index in [1.165, 1.54) is 11.3 Å². The first-order valence-electron chi connectivity index (χ1n) is 15.4. The summed E-state index contributed by atoms with van der Waals surface area (Å²) in [6.45, 7) is 19.2. The number of nitrogens with one attached hydrogen (secondary N) is 3. The first-order chi connectivity index (χ1) is 20.1. The molecule has 0 aromatic carbocycles. The van der Waals surface area contributed by atoms with Gasteiger partial charge in [0.25, 0.3) is 5.91 Å². The van der Waals surface area contributed by atoms with Crippen LogP contribution in [0.4, 0.5) is 0 Å². The summed E-state index contributed by atoms with van der Waals surface area (Å²) in [6, 6.07) is 4.31. The van der Waals surface area contributed by atoms with E-state index in [4.69, 9.17) is 17.3 Å². The van der Waals surface area contributed by atoms with Crippen molar-refractivity contribution in [3.05, 3.63) is 21.3 Å². The summed E-state index contributed by atoms with van der Waals surface area (Å²) in [5.41, 5.74) is 4.18. The summed E-state index contributed by atoms with van der Waals surface area (Å²) in [5, 5.41) is 2.79. The molecular formula is C29H55ClN6O5S3. The van der Waals surface area contributed by atoms with Gasteiger partial charge in [-0.2, -0.15) is 0 Å². The number of likely N-dealkylation sites (tertiary alicyclic amines) is 2. The molecule has 0 aliphatic carbocycles. The number of carbonyl (C=O) groups is 1. The molecule has 5 N–H and O–H groups in total. The first kappa shape index (κ1) is 39.3. The van der Waals surface area contributed by atoms with E-state index in [2.05, 4.69) is 52.3 Å². The monoisotopic (exact) mass is 698 g/mol. The largest absolute Gasteiger partial charge is 0.345 e. The lowest BCUT2D eigenvalue weighted by Gasteiger charge is -2.35. The number of nitrogens with zero attached hydrogens (tertiary/aromatic N) is 2. The Morgan fingerprint density at radius 2 is 1.27 bits per heavy atom. The fourth-order valence-corrected chi connectivity index (χ4v) is 10.1. The number of rotatable bonds is 12. The smallest absolute Gasteiger partial charge is 0.261 e. The number of halogens is 1. The van der Waals surface area contributed by atoms with Crippen LogP contribution in [0.5, 0.6) is 0 Å². The van der Waals surface area contributed by atoms with Crippen molar-refractivity contribution in [2.75, 3.05) is 37.7 Å². The Balaban J connectivity index is 0.000000329. The van der Waals surface area contributed by atoms with Crippen LogP contribution in [-0.2, 0) is 20.0 Å². The van der Waals surface area contributed by atoms with Crippen LogP contribution >= 0.6 is 22.9 Å². The molecule has 1 aromatic heterocycles. The van der Waals surface area contributed by atoms with Gasteiger partial charge in [-0.15, -0.1) is 11.3 Å². The van der Waals surface area contributed by atoms with E-state index >= 15 is 0 Å². The number of hydrogen-bond donors (Lipinski definition) is 4. The van der Waals surface area contributed by atoms with Crippen molar-refractivity contribution in [1.82, 2.24) is 24.6 Å². The van der Waals surface area contributed by atoms with Gasteiger partial charge < -0.3 is 20.9 Å². The fourth-order valence-electron chi connectivity index (χ4n) is 5.46. The molecule has 44 heavy (non-hydrogen) atoms. The summed E-state index contributed by atoms with van der Waals surface area (Å²) in [5.74, 6) is -0.507. The molecule has 0 saturated carbocycles. The summed E-state index contributed by atoms with van der Waals surface area (Å²) in [4.78, 5) is 17.5. The maximum Gasteiger partial charge on any atom is 0.261 e. The zero-order chi connectivity index (χ0) is 33.5. The van der Waals surface area contributed by atoms with E-state index in [0.717, 1.165) is 51.9 Å². The van der Waals surface area contributed by atoms with Gasteiger partial charge in [0.2, 0.25) is 20.0 Å². The van der Waals surface area contributed by atoms with Gasteiger partial charge in [0.15, 0.2) is 0 Å². The van der Waals surface area contributed by atoms with Gasteiger partial charge >= 0.3 is 0 Å². The van der Waals surface area contributed by atoms with Crippen molar-refractivity contribution < 1.29 is 21.6 Å². The molecule has 0 unspecified atom stereocenters. The van der Waals surface area contributed by atoms with E-state index in [0.29, 0.717) is 21.3 Å². The molecule has 256 valence electrons. The molecule has 1 amide bonds. The minimum atomic E-state index is -3.51. The standard InChI is InChI=1S/C17H28ClN3O3S2.C12H27N3O2S/c1-12(2)21-9-7-13(8-10-21)20-26(23,24)11-17(3,4)19-16(22)14-5-6-15(18)25-14;1-10(2)15-7-5-11(6-8-15)14-18(16,17)9-12(3,4)13/h5-6,12-13,20H,7-11H2,1-4H3,(H,19,22);10-11,14H,5-9,13H2,1-4H3. The van der Waals surface area contributed by atoms with E-state index in [1.807, 2.05) is 0 Å². The number of hydrogen-bond acceptors (Lipinski definition) is 9. The van der Waals surface area contributed by atoms with Gasteiger partial charge in [0.05, 0.1) is 26.3 Å². The summed E-state index contributed by atoms with van der Waals surface area (Å²) >= 11 is 7.02. The van der Waals surface area contributed by atoms with Crippen molar-refractivity contribution in [1.29, 1.82) is 0 Å². The van der Waals surface area contributed by atoms with Gasteiger partial charge in [-0.1, -0.05) is 11.6 Å². The van der Waals surface area contributed by atoms with Crippen LogP contribution < -0.4 is 20.5 Å². The number of piperidine rings is 2. The van der Waals surface area contributed by atoms with Crippen LogP contribution in [0.3, 0.4) is 0 Å². The first-order valence-corrected chi connectivity index (χ1v) is 19.9. The van der Waals surface area contributed by atoms with E-state index in [9.17, 15) is 21.6 Å². The predicted octanol–water partition coefficient (Wildman–Crippen LogP) is 3.22. The second kappa shape index (κ2) is 16.3. The molecule has 3 heterocycles. The normalized spacial score (nSPS) is 18.8. The second-order valence-corrected chi connectivity index (χ2v) is 19.2. The van der Waals surface area contributed by atoms with Gasteiger partial charge in [-0.3, -0.25) is 4.79 Å². The highest BCUT2D eigenvalue weighted by atomic mass is 35.5. The molecule has 0 bridgehead atoms. The molecule has 15 heteroatoms. The van der Waals surface area contributed by atoms with Crippen molar-refractivity contribution >= 4 is 48.9 Å². The Kier molecular flexibility index (Phi) is 14.6. The van der Waals surface area contributed by atoms with Crippen molar-refractivity contribution in [3.63, 3.8) is 0 Å². The van der Waals surface area contributed by atoms with Crippen molar-refractivity contribution in [3.8, 4) is 0 Å². The topological polar surface area (TPSA) is 154 Å². The van der Waals surface area contributed by atoms with Crippen molar-refractivity contribution in [2.45, 2.75) is 116 Å². The van der Waals surface area contributed by atoms with Crippen LogP contribution in [0, 0.1) is 0 Å². The molecule has 0 radical (unpaired) electrons. The fraction of sp³-hybridized carbons (Fsp3) is 0.828. The van der Waals surface area contributed by atoms with Gasteiger partial charge in [0, 0.05) is 29.7 Å². The molecule has 2 aliphatic rings. The highest BCUT2D eigenvalue weighted by Crippen LogP contribution is 2.22. The summed E-state index contributed by atoms with van der Waals surface area (Å²) in [7, 11) is -6.78. The lowest BCUT2D eigenvalue weighted by Crippen LogP contribution is -2.53. The zero-order valence-electron chi connectivity index (χ0n) is 27.7. The van der Waals surface area contributed by atoms with E-state index < -0.39 is 31.1 Å². The maximum absolute atomic E-state index is 12.6. The molecule has 3 rings (SSSR count). The van der Waals surface area contributed by atoms with Crippen LogP contribution in [0.1, 0.15) is 90.7 Å². The van der Waals surface area contributed by atoms with Gasteiger partial charge in [0.1, 0.15) is 0 Å². The average molecular weight is 699 g/mol. The lowest BCUT2D eigenvalue weighted by molar-refractivity contribution is 0.0924. The molecule has 0 spiro atoms. The lowest BCUT2D eigenvalue weighted by atomic mass is 10.1. The Morgan fingerprint density at radius 3 is 1.61 bits per heavy atom. The average Bonchev–Trinajstić information content (AvgIpc) is 3.28. The number of nitrogens with two attached hydrogens (primary N) is 1. The van der Waals surface area contributed by atoms with Crippen LogP contribution in [0.15, 0.2) is 12.1 Å². The summed E-state index contributed by atoms with van der Waals surface area (Å²) < 4.78 is 55.1. The van der Waals surface area contributed by atoms with Crippen LogP contribution in [0.25, 0.3) is 0 Å². The van der Waals surface area contributed by atoms with E-state index in [1.54, 1.807) is 39.8 Å². The molecule has 2 fully saturated rings. The Hall–Kier alpha value is -0.840. The van der Waals surface area contributed by atoms with Crippen molar-refractivity contribution in [2.24, 2.45) is 5.73 Å². The highest BCUT2D eigenvalue weighted by molar-refractivity contribution is 7.89. The Morgan fingerprint density at radius 1 is 0.864 bits per heavy atom. The number of carbonyl (C=O) groups excluding carboxylic acids is 1. The van der Waals surface area contributed by atoms with Gasteiger partial charge in [-0.25, -0.2) is 26.3 Å². The number of thiophene rings is 1. The van der Waals surface area contributed by atoms with Crippen LogP contribution in [0.2, 0.25) is 4.34 Å². The third kappa shape index (κ3) is 14.7. The van der Waals surface area contributed by atoms with Crippen LogP contribution in [-0.4, -0.2) is 105 Å². The minimum Gasteiger partial charge on any atom is -0.345 e.